The van der Waals surface area contributed by atoms with Crippen LogP contribution in [-0.4, -0.2) is 11.2 Å². The standard InChI is InChI=1S/C15H19FN2O2/c1-3-12(17)8-11-5-4-6-14(16)15(11)19-9-13-7-10(2)18-20-13/h4-7,12H,3,8-9,17H2,1-2H3. The van der Waals surface area contributed by atoms with Crippen molar-refractivity contribution in [2.24, 2.45) is 5.73 Å². The molecule has 0 bridgehead atoms. The van der Waals surface area contributed by atoms with E-state index < -0.39 is 0 Å². The first-order valence-corrected chi connectivity index (χ1v) is 6.68. The monoisotopic (exact) mass is 278 g/mol. The molecule has 0 spiro atoms. The van der Waals surface area contributed by atoms with Crippen molar-refractivity contribution in [1.29, 1.82) is 0 Å². The summed E-state index contributed by atoms with van der Waals surface area (Å²) < 4.78 is 24.5. The van der Waals surface area contributed by atoms with Gasteiger partial charge in [-0.25, -0.2) is 4.39 Å². The zero-order valence-electron chi connectivity index (χ0n) is 11.7. The average molecular weight is 278 g/mol. The maximum absolute atomic E-state index is 13.9. The van der Waals surface area contributed by atoms with Gasteiger partial charge in [0.15, 0.2) is 17.3 Å². The van der Waals surface area contributed by atoms with Gasteiger partial charge in [-0.1, -0.05) is 24.2 Å². The number of nitrogens with zero attached hydrogens (tertiary/aromatic N) is 1. The Kier molecular flexibility index (Phi) is 4.74. The molecule has 1 aromatic heterocycles. The Balaban J connectivity index is 2.12. The van der Waals surface area contributed by atoms with Gasteiger partial charge in [-0.3, -0.25) is 0 Å². The quantitative estimate of drug-likeness (QED) is 0.882. The van der Waals surface area contributed by atoms with Crippen LogP contribution in [0.25, 0.3) is 0 Å². The lowest BCUT2D eigenvalue weighted by atomic mass is 10.0. The summed E-state index contributed by atoms with van der Waals surface area (Å²) in [6.07, 6.45) is 1.41. The number of hydrogen-bond acceptors (Lipinski definition) is 4. The lowest BCUT2D eigenvalue weighted by Gasteiger charge is -2.14. The molecule has 2 N–H and O–H groups in total. The molecule has 0 saturated carbocycles. The minimum Gasteiger partial charge on any atom is -0.482 e. The van der Waals surface area contributed by atoms with Gasteiger partial charge < -0.3 is 15.0 Å². The van der Waals surface area contributed by atoms with Crippen LogP contribution in [0.4, 0.5) is 4.39 Å². The maximum Gasteiger partial charge on any atom is 0.174 e. The Bertz CT molecular complexity index is 569. The molecular weight excluding hydrogens is 259 g/mol. The van der Waals surface area contributed by atoms with E-state index >= 15 is 0 Å². The summed E-state index contributed by atoms with van der Waals surface area (Å²) in [6, 6.07) is 6.63. The Hall–Kier alpha value is -1.88. The first-order chi connectivity index (χ1) is 9.60. The highest BCUT2D eigenvalue weighted by Gasteiger charge is 2.13. The molecule has 20 heavy (non-hydrogen) atoms. The number of halogens is 1. The van der Waals surface area contributed by atoms with Gasteiger partial charge >= 0.3 is 0 Å². The number of para-hydroxylation sites is 1. The Labute approximate surface area is 117 Å². The molecule has 108 valence electrons. The van der Waals surface area contributed by atoms with E-state index in [1.54, 1.807) is 12.1 Å². The zero-order chi connectivity index (χ0) is 14.5. The van der Waals surface area contributed by atoms with Crippen LogP contribution in [0.3, 0.4) is 0 Å². The van der Waals surface area contributed by atoms with E-state index in [1.807, 2.05) is 19.9 Å². The summed E-state index contributed by atoms with van der Waals surface area (Å²) in [4.78, 5) is 0. The number of aromatic nitrogens is 1. The Morgan fingerprint density at radius 1 is 1.45 bits per heavy atom. The lowest BCUT2D eigenvalue weighted by molar-refractivity contribution is 0.237. The third kappa shape index (κ3) is 3.57. The molecule has 5 heteroatoms. The van der Waals surface area contributed by atoms with Crippen molar-refractivity contribution in [2.45, 2.75) is 39.3 Å². The SMILES string of the molecule is CCC(N)Cc1cccc(F)c1OCc1cc(C)no1. The van der Waals surface area contributed by atoms with Crippen LogP contribution < -0.4 is 10.5 Å². The van der Waals surface area contributed by atoms with Gasteiger partial charge in [-0.05, 0) is 31.4 Å². The molecule has 2 rings (SSSR count). The molecule has 0 aliphatic rings. The van der Waals surface area contributed by atoms with E-state index in [1.165, 1.54) is 6.07 Å². The van der Waals surface area contributed by atoms with Crippen LogP contribution in [0.15, 0.2) is 28.8 Å². The van der Waals surface area contributed by atoms with Gasteiger partial charge in [0.05, 0.1) is 5.69 Å². The molecule has 0 amide bonds. The van der Waals surface area contributed by atoms with Crippen molar-refractivity contribution in [1.82, 2.24) is 5.16 Å². The van der Waals surface area contributed by atoms with Crippen molar-refractivity contribution in [3.8, 4) is 5.75 Å². The van der Waals surface area contributed by atoms with E-state index in [0.717, 1.165) is 17.7 Å². The summed E-state index contributed by atoms with van der Waals surface area (Å²) in [5.74, 6) is 0.420. The molecule has 0 radical (unpaired) electrons. The second-order valence-corrected chi connectivity index (χ2v) is 4.82. The van der Waals surface area contributed by atoms with E-state index in [9.17, 15) is 4.39 Å². The Morgan fingerprint density at radius 3 is 2.90 bits per heavy atom. The van der Waals surface area contributed by atoms with E-state index in [0.29, 0.717) is 12.2 Å². The van der Waals surface area contributed by atoms with Crippen LogP contribution >= 0.6 is 0 Å². The molecule has 2 aromatic rings. The number of hydrogen-bond donors (Lipinski definition) is 1. The zero-order valence-corrected chi connectivity index (χ0v) is 11.7. The van der Waals surface area contributed by atoms with Crippen molar-refractivity contribution >= 4 is 0 Å². The molecule has 1 atom stereocenters. The van der Waals surface area contributed by atoms with Gasteiger partial charge in [-0.15, -0.1) is 0 Å². The van der Waals surface area contributed by atoms with Gasteiger partial charge in [0.2, 0.25) is 0 Å². The third-order valence-corrected chi connectivity index (χ3v) is 3.09. The van der Waals surface area contributed by atoms with Gasteiger partial charge in [-0.2, -0.15) is 0 Å². The molecule has 1 unspecified atom stereocenters. The van der Waals surface area contributed by atoms with Crippen LogP contribution in [0.1, 0.15) is 30.4 Å². The predicted molar refractivity (Wildman–Crippen MR) is 73.9 cm³/mol. The van der Waals surface area contributed by atoms with Gasteiger partial charge in [0.1, 0.15) is 6.61 Å². The summed E-state index contributed by atoms with van der Waals surface area (Å²) in [7, 11) is 0. The molecule has 0 aliphatic carbocycles. The fourth-order valence-corrected chi connectivity index (χ4v) is 1.93. The molecule has 1 aromatic carbocycles. The van der Waals surface area contributed by atoms with E-state index in [2.05, 4.69) is 5.16 Å². The third-order valence-electron chi connectivity index (χ3n) is 3.09. The molecule has 0 fully saturated rings. The predicted octanol–water partition coefficient (Wildman–Crippen LogP) is 2.98. The van der Waals surface area contributed by atoms with Crippen molar-refractivity contribution in [2.75, 3.05) is 0 Å². The number of rotatable bonds is 6. The molecule has 0 saturated heterocycles. The second kappa shape index (κ2) is 6.52. The second-order valence-electron chi connectivity index (χ2n) is 4.82. The van der Waals surface area contributed by atoms with Gasteiger partial charge in [0, 0.05) is 12.1 Å². The van der Waals surface area contributed by atoms with Crippen molar-refractivity contribution in [3.63, 3.8) is 0 Å². The molecule has 0 aliphatic heterocycles. The van der Waals surface area contributed by atoms with Crippen LogP contribution in [0.5, 0.6) is 5.75 Å². The van der Waals surface area contributed by atoms with Crippen molar-refractivity contribution < 1.29 is 13.7 Å². The smallest absolute Gasteiger partial charge is 0.174 e. The normalized spacial score (nSPS) is 12.4. The van der Waals surface area contributed by atoms with Crippen LogP contribution in [-0.2, 0) is 13.0 Å². The largest absolute Gasteiger partial charge is 0.482 e. The molecule has 4 nitrogen and oxygen atoms in total. The molecular formula is C15H19FN2O2. The van der Waals surface area contributed by atoms with E-state index in [4.69, 9.17) is 15.0 Å². The summed E-state index contributed by atoms with van der Waals surface area (Å²) in [5.41, 5.74) is 7.47. The summed E-state index contributed by atoms with van der Waals surface area (Å²) in [5, 5.41) is 3.77. The number of ether oxygens (including phenoxy) is 1. The maximum atomic E-state index is 13.9. The van der Waals surface area contributed by atoms with Crippen LogP contribution in [0, 0.1) is 12.7 Å². The topological polar surface area (TPSA) is 61.3 Å². The molecule has 1 heterocycles. The number of nitrogens with two attached hydrogens (primary N) is 1. The highest BCUT2D eigenvalue weighted by Crippen LogP contribution is 2.25. The minimum atomic E-state index is -0.387. The fraction of sp³-hybridized carbons (Fsp3) is 0.400. The lowest BCUT2D eigenvalue weighted by Crippen LogP contribution is -2.22. The fourth-order valence-electron chi connectivity index (χ4n) is 1.93. The van der Waals surface area contributed by atoms with Crippen LogP contribution in [0.2, 0.25) is 0 Å². The van der Waals surface area contributed by atoms with Crippen molar-refractivity contribution in [3.05, 3.63) is 47.1 Å². The minimum absolute atomic E-state index is 0.00771. The number of aryl methyl sites for hydroxylation is 1. The highest BCUT2D eigenvalue weighted by atomic mass is 19.1. The first kappa shape index (κ1) is 14.5. The average Bonchev–Trinajstić information content (AvgIpc) is 2.83. The summed E-state index contributed by atoms with van der Waals surface area (Å²) >= 11 is 0. The summed E-state index contributed by atoms with van der Waals surface area (Å²) in [6.45, 7) is 3.97. The first-order valence-electron chi connectivity index (χ1n) is 6.68. The van der Waals surface area contributed by atoms with Gasteiger partial charge in [0.25, 0.3) is 0 Å². The number of benzene rings is 1. The highest BCUT2D eigenvalue weighted by molar-refractivity contribution is 5.35. The van der Waals surface area contributed by atoms with E-state index in [-0.39, 0.29) is 24.2 Å². The Morgan fingerprint density at radius 2 is 2.25 bits per heavy atom.